The van der Waals surface area contributed by atoms with Crippen molar-refractivity contribution in [2.75, 3.05) is 13.2 Å². The molecule has 2 aromatic rings. The van der Waals surface area contributed by atoms with Crippen LogP contribution in [0.15, 0.2) is 30.3 Å². The molecule has 0 aliphatic rings. The second kappa shape index (κ2) is 9.59. The van der Waals surface area contributed by atoms with E-state index in [2.05, 4.69) is 10.9 Å². The van der Waals surface area contributed by atoms with Crippen LogP contribution in [0.5, 0.6) is 5.75 Å². The highest BCUT2D eigenvalue weighted by atomic mass is 16.5. The fourth-order valence-corrected chi connectivity index (χ4v) is 2.68. The summed E-state index contributed by atoms with van der Waals surface area (Å²) in [4.78, 5) is 36.0. The predicted octanol–water partition coefficient (Wildman–Crippen LogP) is 1.82. The molecule has 0 saturated carbocycles. The molecule has 1 aromatic carbocycles. The summed E-state index contributed by atoms with van der Waals surface area (Å²) < 4.78 is 12.1. The molecule has 0 spiro atoms. The first-order valence-electron chi connectivity index (χ1n) is 8.93. The summed E-state index contributed by atoms with van der Waals surface area (Å²) in [5.41, 5.74) is 7.35. The number of nitrogens with one attached hydrogen (secondary N) is 2. The minimum absolute atomic E-state index is 0.0456. The topological polar surface area (TPSA) is 98.7 Å². The Labute approximate surface area is 163 Å². The van der Waals surface area contributed by atoms with Crippen LogP contribution >= 0.6 is 0 Å². The van der Waals surface area contributed by atoms with Crippen LogP contribution in [0.25, 0.3) is 0 Å². The summed E-state index contributed by atoms with van der Waals surface area (Å²) in [6.45, 7) is 7.14. The molecule has 150 valence electrons. The minimum atomic E-state index is -0.482. The average Bonchev–Trinajstić information content (AvgIpc) is 2.94. The van der Waals surface area contributed by atoms with Gasteiger partial charge in [0, 0.05) is 11.4 Å². The number of ether oxygens (including phenoxy) is 2. The fourth-order valence-electron chi connectivity index (χ4n) is 2.68. The molecule has 8 heteroatoms. The molecule has 1 aromatic heterocycles. The molecule has 0 fully saturated rings. The summed E-state index contributed by atoms with van der Waals surface area (Å²) in [6.07, 6.45) is 0. The van der Waals surface area contributed by atoms with Gasteiger partial charge in [-0.15, -0.1) is 0 Å². The van der Waals surface area contributed by atoms with Crippen molar-refractivity contribution < 1.29 is 23.9 Å². The number of hydrogen-bond acceptors (Lipinski definition) is 5. The summed E-state index contributed by atoms with van der Waals surface area (Å²) >= 11 is 0. The zero-order valence-corrected chi connectivity index (χ0v) is 16.5. The van der Waals surface area contributed by atoms with E-state index in [9.17, 15) is 14.4 Å². The van der Waals surface area contributed by atoms with Gasteiger partial charge in [0.2, 0.25) is 0 Å². The van der Waals surface area contributed by atoms with Gasteiger partial charge in [-0.25, -0.2) is 4.79 Å². The second-order valence-electron chi connectivity index (χ2n) is 6.24. The first kappa shape index (κ1) is 21.0. The van der Waals surface area contributed by atoms with Crippen LogP contribution in [0.1, 0.15) is 34.2 Å². The number of benzene rings is 1. The van der Waals surface area contributed by atoms with Gasteiger partial charge in [0.25, 0.3) is 11.8 Å². The Morgan fingerprint density at radius 1 is 1.04 bits per heavy atom. The van der Waals surface area contributed by atoms with Gasteiger partial charge in [-0.05, 0) is 45.4 Å². The van der Waals surface area contributed by atoms with E-state index in [4.69, 9.17) is 9.47 Å². The molecular formula is C20H25N3O5. The zero-order chi connectivity index (χ0) is 20.7. The van der Waals surface area contributed by atoms with Gasteiger partial charge < -0.3 is 14.0 Å². The molecule has 2 rings (SSSR count). The number of para-hydroxylation sites is 1. The molecular weight excluding hydrogens is 362 g/mol. The standard InChI is InChI=1S/C20H25N3O5/c1-5-27-20(26)16-10-14(3)23(15(16)4)11-18(24)21-22-19(25)12-28-17-9-7-6-8-13(17)2/h6-10H,5,11-12H2,1-4H3,(H,21,24)(H,22,25). The summed E-state index contributed by atoms with van der Waals surface area (Å²) in [5.74, 6) is -0.732. The lowest BCUT2D eigenvalue weighted by Gasteiger charge is -2.12. The van der Waals surface area contributed by atoms with Gasteiger partial charge in [0.15, 0.2) is 6.61 Å². The molecule has 0 atom stereocenters. The average molecular weight is 387 g/mol. The SMILES string of the molecule is CCOC(=O)c1cc(C)n(CC(=O)NNC(=O)COc2ccccc2C)c1C. The lowest BCUT2D eigenvalue weighted by Crippen LogP contribution is -2.45. The van der Waals surface area contributed by atoms with Crippen LogP contribution in [-0.2, 0) is 20.9 Å². The van der Waals surface area contributed by atoms with Crippen LogP contribution < -0.4 is 15.6 Å². The number of hydrogen-bond donors (Lipinski definition) is 2. The molecule has 0 radical (unpaired) electrons. The van der Waals surface area contributed by atoms with Crippen molar-refractivity contribution >= 4 is 17.8 Å². The first-order chi connectivity index (χ1) is 13.3. The third-order valence-corrected chi connectivity index (χ3v) is 4.16. The Balaban J connectivity index is 1.86. The Kier molecular flexibility index (Phi) is 7.20. The van der Waals surface area contributed by atoms with E-state index < -0.39 is 17.8 Å². The second-order valence-corrected chi connectivity index (χ2v) is 6.24. The number of aromatic nitrogens is 1. The number of carbonyl (C=O) groups is 3. The van der Waals surface area contributed by atoms with E-state index in [-0.39, 0.29) is 19.8 Å². The lowest BCUT2D eigenvalue weighted by molar-refractivity contribution is -0.130. The van der Waals surface area contributed by atoms with Gasteiger partial charge in [-0.3, -0.25) is 20.4 Å². The zero-order valence-electron chi connectivity index (χ0n) is 16.5. The van der Waals surface area contributed by atoms with Crippen LogP contribution in [0.2, 0.25) is 0 Å². The highest BCUT2D eigenvalue weighted by Crippen LogP contribution is 2.16. The van der Waals surface area contributed by atoms with Gasteiger partial charge in [0.05, 0.1) is 12.2 Å². The largest absolute Gasteiger partial charge is 0.483 e. The number of amides is 2. The van der Waals surface area contributed by atoms with Crippen molar-refractivity contribution in [3.05, 3.63) is 52.8 Å². The van der Waals surface area contributed by atoms with E-state index >= 15 is 0 Å². The Bertz CT molecular complexity index is 873. The molecule has 0 aliphatic carbocycles. The van der Waals surface area contributed by atoms with Crippen LogP contribution in [0.4, 0.5) is 0 Å². The van der Waals surface area contributed by atoms with Gasteiger partial charge in [0.1, 0.15) is 12.3 Å². The van der Waals surface area contributed by atoms with Crippen molar-refractivity contribution in [3.63, 3.8) is 0 Å². The number of carbonyl (C=O) groups excluding carboxylic acids is 3. The van der Waals surface area contributed by atoms with Crippen LogP contribution in [-0.4, -0.2) is 35.6 Å². The molecule has 0 unspecified atom stereocenters. The van der Waals surface area contributed by atoms with Crippen LogP contribution in [0, 0.1) is 20.8 Å². The molecule has 2 amide bonds. The van der Waals surface area contributed by atoms with E-state index in [1.165, 1.54) is 0 Å². The third kappa shape index (κ3) is 5.35. The quantitative estimate of drug-likeness (QED) is 0.558. The van der Waals surface area contributed by atoms with E-state index in [0.29, 0.717) is 17.0 Å². The maximum absolute atomic E-state index is 12.2. The van der Waals surface area contributed by atoms with Gasteiger partial charge in [-0.1, -0.05) is 18.2 Å². The number of aryl methyl sites for hydroxylation is 2. The van der Waals surface area contributed by atoms with E-state index in [1.807, 2.05) is 25.1 Å². The summed E-state index contributed by atoms with van der Waals surface area (Å²) in [5, 5.41) is 0. The van der Waals surface area contributed by atoms with E-state index in [0.717, 1.165) is 11.3 Å². The minimum Gasteiger partial charge on any atom is -0.483 e. The van der Waals surface area contributed by atoms with E-state index in [1.54, 1.807) is 37.5 Å². The van der Waals surface area contributed by atoms with Crippen molar-refractivity contribution in [3.8, 4) is 5.75 Å². The molecule has 0 saturated heterocycles. The highest BCUT2D eigenvalue weighted by molar-refractivity contribution is 5.91. The predicted molar refractivity (Wildman–Crippen MR) is 103 cm³/mol. The monoisotopic (exact) mass is 387 g/mol. The summed E-state index contributed by atoms with van der Waals surface area (Å²) in [7, 11) is 0. The van der Waals surface area contributed by atoms with Crippen molar-refractivity contribution in [2.24, 2.45) is 0 Å². The number of hydrazine groups is 1. The first-order valence-corrected chi connectivity index (χ1v) is 8.93. The van der Waals surface area contributed by atoms with Crippen LogP contribution in [0.3, 0.4) is 0 Å². The number of esters is 1. The Morgan fingerprint density at radius 3 is 2.39 bits per heavy atom. The third-order valence-electron chi connectivity index (χ3n) is 4.16. The molecule has 0 bridgehead atoms. The molecule has 8 nitrogen and oxygen atoms in total. The van der Waals surface area contributed by atoms with Crippen molar-refractivity contribution in [1.29, 1.82) is 0 Å². The molecule has 28 heavy (non-hydrogen) atoms. The lowest BCUT2D eigenvalue weighted by atomic mass is 10.2. The smallest absolute Gasteiger partial charge is 0.339 e. The molecule has 0 aliphatic heterocycles. The fraction of sp³-hybridized carbons (Fsp3) is 0.350. The summed E-state index contributed by atoms with van der Waals surface area (Å²) in [6, 6.07) is 9.01. The van der Waals surface area contributed by atoms with Gasteiger partial charge >= 0.3 is 5.97 Å². The highest BCUT2D eigenvalue weighted by Gasteiger charge is 2.18. The number of nitrogens with zero attached hydrogens (tertiary/aromatic N) is 1. The Hall–Kier alpha value is -3.29. The molecule has 1 heterocycles. The molecule has 2 N–H and O–H groups in total. The van der Waals surface area contributed by atoms with Crippen molar-refractivity contribution in [1.82, 2.24) is 15.4 Å². The van der Waals surface area contributed by atoms with Crippen molar-refractivity contribution in [2.45, 2.75) is 34.2 Å². The maximum atomic E-state index is 12.2. The maximum Gasteiger partial charge on any atom is 0.339 e. The van der Waals surface area contributed by atoms with Gasteiger partial charge in [-0.2, -0.15) is 0 Å². The number of rotatable bonds is 7. The normalized spacial score (nSPS) is 10.3. The Morgan fingerprint density at radius 2 is 1.71 bits per heavy atom.